The van der Waals surface area contributed by atoms with Gasteiger partial charge < -0.3 is 14.7 Å². The lowest BCUT2D eigenvalue weighted by Crippen LogP contribution is -2.13. The molecule has 11 aromatic carbocycles. The molecule has 11 aromatic rings. The minimum absolute atomic E-state index is 0.0320. The summed E-state index contributed by atoms with van der Waals surface area (Å²) >= 11 is 0. The predicted molar refractivity (Wildman–Crippen MR) is 283 cm³/mol. The van der Waals surface area contributed by atoms with Gasteiger partial charge in [-0.3, -0.25) is 4.79 Å². The molecular formula is C63H45N3O. The maximum absolute atomic E-state index is 14.1. The maximum Gasteiger partial charge on any atom is 0.194 e. The Morgan fingerprint density at radius 2 is 0.567 bits per heavy atom. The normalized spacial score (nSPS) is 11.0. The molecule has 0 aliphatic heterocycles. The second-order valence-corrected chi connectivity index (χ2v) is 16.5. The third-order valence-corrected chi connectivity index (χ3v) is 12.4. The van der Waals surface area contributed by atoms with E-state index in [4.69, 9.17) is 0 Å². The van der Waals surface area contributed by atoms with Gasteiger partial charge in [-0.15, -0.1) is 0 Å². The van der Waals surface area contributed by atoms with Crippen molar-refractivity contribution < 1.29 is 0 Å². The van der Waals surface area contributed by atoms with E-state index >= 15 is 0 Å². The van der Waals surface area contributed by atoms with E-state index in [2.05, 4.69) is 257 Å². The van der Waals surface area contributed by atoms with E-state index in [1.165, 1.54) is 0 Å². The Morgan fingerprint density at radius 3 is 1.03 bits per heavy atom. The van der Waals surface area contributed by atoms with Crippen molar-refractivity contribution in [2.75, 3.05) is 14.7 Å². The van der Waals surface area contributed by atoms with Gasteiger partial charge in [0.1, 0.15) is 0 Å². The van der Waals surface area contributed by atoms with Crippen molar-refractivity contribution in [1.29, 1.82) is 0 Å². The molecule has 4 heteroatoms. The number of rotatable bonds is 11. The number of fused-ring (bicyclic) bond motifs is 2. The van der Waals surface area contributed by atoms with E-state index in [1.54, 1.807) is 0 Å². The van der Waals surface area contributed by atoms with Crippen LogP contribution in [0.1, 0.15) is 0 Å². The Morgan fingerprint density at radius 1 is 0.224 bits per heavy atom. The van der Waals surface area contributed by atoms with Crippen molar-refractivity contribution in [2.24, 2.45) is 0 Å². The average Bonchev–Trinajstić information content (AvgIpc) is 3.54. The van der Waals surface area contributed by atoms with Crippen LogP contribution in [0.4, 0.5) is 51.2 Å². The molecule has 0 atom stereocenters. The van der Waals surface area contributed by atoms with Crippen LogP contribution in [0.3, 0.4) is 0 Å². The van der Waals surface area contributed by atoms with Gasteiger partial charge in [0.25, 0.3) is 0 Å². The fraction of sp³-hybridized carbons (Fsp3) is 0. The molecule has 0 saturated carbocycles. The Bertz CT molecular complexity index is 3310. The number of hydrogen-bond donors (Lipinski definition) is 0. The van der Waals surface area contributed by atoms with Gasteiger partial charge in [-0.1, -0.05) is 158 Å². The molecular weight excluding hydrogens is 815 g/mol. The minimum atomic E-state index is 0.0320. The zero-order chi connectivity index (χ0) is 44.9. The van der Waals surface area contributed by atoms with Crippen LogP contribution in [0.25, 0.3) is 43.8 Å². The summed E-state index contributed by atoms with van der Waals surface area (Å²) < 4.78 is 0. The number of benzene rings is 10. The summed E-state index contributed by atoms with van der Waals surface area (Å²) in [5, 5.41) is 3.26. The Labute approximate surface area is 391 Å². The SMILES string of the molecule is O=c1c2ccccc2ccc2ccc(-c3ccc(N(c4ccc(N(c5ccccc5)c5ccccc5)cc4)c4ccc(N(c5ccccc5)c5ccccc5)cc4)cc3-c3ccccc3)cc12. The van der Waals surface area contributed by atoms with Crippen molar-refractivity contribution in [3.8, 4) is 22.3 Å². The molecule has 318 valence electrons. The molecule has 0 N–H and O–H groups in total. The number of hydrogen-bond acceptors (Lipinski definition) is 4. The van der Waals surface area contributed by atoms with E-state index in [0.29, 0.717) is 10.8 Å². The summed E-state index contributed by atoms with van der Waals surface area (Å²) in [7, 11) is 0. The van der Waals surface area contributed by atoms with Gasteiger partial charge in [-0.25, -0.2) is 0 Å². The summed E-state index contributed by atoms with van der Waals surface area (Å²) in [5.74, 6) is 0. The second kappa shape index (κ2) is 18.2. The molecule has 0 aliphatic rings. The molecule has 0 aromatic heterocycles. The lowest BCUT2D eigenvalue weighted by Gasteiger charge is -2.30. The Balaban J connectivity index is 1.07. The predicted octanol–water partition coefficient (Wildman–Crippen LogP) is 17.1. The molecule has 4 nitrogen and oxygen atoms in total. The highest BCUT2D eigenvalue weighted by atomic mass is 16.1. The fourth-order valence-corrected chi connectivity index (χ4v) is 9.17. The average molecular weight is 860 g/mol. The van der Waals surface area contributed by atoms with Crippen LogP contribution in [-0.4, -0.2) is 0 Å². The van der Waals surface area contributed by atoms with E-state index in [9.17, 15) is 4.79 Å². The summed E-state index contributed by atoms with van der Waals surface area (Å²) in [6, 6.07) is 95.1. The van der Waals surface area contributed by atoms with Crippen molar-refractivity contribution in [3.63, 3.8) is 0 Å². The van der Waals surface area contributed by atoms with Crippen LogP contribution in [0.2, 0.25) is 0 Å². The van der Waals surface area contributed by atoms with Crippen LogP contribution in [0.15, 0.2) is 278 Å². The van der Waals surface area contributed by atoms with Gasteiger partial charge in [0.2, 0.25) is 0 Å². The minimum Gasteiger partial charge on any atom is -0.311 e. The van der Waals surface area contributed by atoms with Crippen molar-refractivity contribution in [1.82, 2.24) is 0 Å². The van der Waals surface area contributed by atoms with Crippen molar-refractivity contribution >= 4 is 72.7 Å². The first-order chi connectivity index (χ1) is 33.2. The van der Waals surface area contributed by atoms with Gasteiger partial charge in [0.05, 0.1) is 0 Å². The van der Waals surface area contributed by atoms with E-state index in [0.717, 1.165) is 84.2 Å². The molecule has 0 bridgehead atoms. The van der Waals surface area contributed by atoms with Gasteiger partial charge >= 0.3 is 0 Å². The Kier molecular flexibility index (Phi) is 11.1. The smallest absolute Gasteiger partial charge is 0.194 e. The number of para-hydroxylation sites is 4. The summed E-state index contributed by atoms with van der Waals surface area (Å²) in [5.41, 5.74) is 13.6. The molecule has 0 saturated heterocycles. The monoisotopic (exact) mass is 859 g/mol. The van der Waals surface area contributed by atoms with E-state index in [1.807, 2.05) is 30.3 Å². The molecule has 0 fully saturated rings. The first-order valence-corrected chi connectivity index (χ1v) is 22.6. The lowest BCUT2D eigenvalue weighted by atomic mass is 9.92. The zero-order valence-electron chi connectivity index (χ0n) is 36.7. The topological polar surface area (TPSA) is 26.8 Å². The molecule has 0 spiro atoms. The number of nitrogens with zero attached hydrogens (tertiary/aromatic N) is 3. The van der Waals surface area contributed by atoms with Gasteiger partial charge in [-0.2, -0.15) is 0 Å². The van der Waals surface area contributed by atoms with Crippen LogP contribution in [0.5, 0.6) is 0 Å². The molecule has 11 rings (SSSR count). The fourth-order valence-electron chi connectivity index (χ4n) is 9.17. The highest BCUT2D eigenvalue weighted by molar-refractivity contribution is 5.97. The third-order valence-electron chi connectivity index (χ3n) is 12.4. The Hall–Kier alpha value is -8.99. The molecule has 0 radical (unpaired) electrons. The van der Waals surface area contributed by atoms with Crippen LogP contribution in [-0.2, 0) is 0 Å². The maximum atomic E-state index is 14.1. The second-order valence-electron chi connectivity index (χ2n) is 16.5. The highest BCUT2D eigenvalue weighted by Gasteiger charge is 2.20. The lowest BCUT2D eigenvalue weighted by molar-refractivity contribution is 1.24. The molecule has 0 amide bonds. The molecule has 0 unspecified atom stereocenters. The van der Waals surface area contributed by atoms with Crippen molar-refractivity contribution in [2.45, 2.75) is 0 Å². The van der Waals surface area contributed by atoms with Gasteiger partial charge in [-0.05, 0) is 148 Å². The molecule has 67 heavy (non-hydrogen) atoms. The summed E-state index contributed by atoms with van der Waals surface area (Å²) in [6.07, 6.45) is 0. The van der Waals surface area contributed by atoms with E-state index < -0.39 is 0 Å². The first kappa shape index (κ1) is 40.8. The van der Waals surface area contributed by atoms with Gasteiger partial charge in [0.15, 0.2) is 5.43 Å². The largest absolute Gasteiger partial charge is 0.311 e. The summed E-state index contributed by atoms with van der Waals surface area (Å²) in [4.78, 5) is 21.0. The first-order valence-electron chi connectivity index (χ1n) is 22.6. The van der Waals surface area contributed by atoms with Crippen molar-refractivity contribution in [3.05, 3.63) is 283 Å². The zero-order valence-corrected chi connectivity index (χ0v) is 36.7. The number of anilines is 9. The third kappa shape index (κ3) is 8.20. The highest BCUT2D eigenvalue weighted by Crippen LogP contribution is 2.44. The van der Waals surface area contributed by atoms with Gasteiger partial charge in [0, 0.05) is 62.0 Å². The quantitative estimate of drug-likeness (QED) is 0.129. The molecule has 0 heterocycles. The van der Waals surface area contributed by atoms with Crippen LogP contribution < -0.4 is 20.1 Å². The molecule has 0 aliphatic carbocycles. The standard InChI is InChI=1S/C63H45N3O/c67-63-60-29-17-16-20-47(60)30-31-48-32-33-49(44-62(48)63)59-43-42-58(45-61(59)46-18-6-1-7-19-46)66(56-38-34-54(35-39-56)64(50-21-8-2-9-22-50)51-23-10-3-11-24-51)57-40-36-55(37-41-57)65(52-25-12-4-13-26-52)53-27-14-5-15-28-53/h1-45H. The van der Waals surface area contributed by atoms with E-state index in [-0.39, 0.29) is 5.43 Å². The summed E-state index contributed by atoms with van der Waals surface area (Å²) in [6.45, 7) is 0. The van der Waals surface area contributed by atoms with Crippen LogP contribution in [0, 0.1) is 0 Å². The van der Waals surface area contributed by atoms with Crippen LogP contribution >= 0.6 is 0 Å².